The molecule has 2 rings (SSSR count). The van der Waals surface area contributed by atoms with Crippen LogP contribution < -0.4 is 15.2 Å². The second kappa shape index (κ2) is 6.17. The molecule has 5 heteroatoms. The van der Waals surface area contributed by atoms with E-state index < -0.39 is 0 Å². The number of hydrogen-bond acceptors (Lipinski definition) is 3. The normalized spacial score (nSPS) is 10.3. The van der Waals surface area contributed by atoms with Crippen LogP contribution in [0.25, 0.3) is 0 Å². The summed E-state index contributed by atoms with van der Waals surface area (Å²) in [5.74, 6) is 1.67. The highest BCUT2D eigenvalue weighted by atomic mass is 79.9. The molecule has 0 amide bonds. The van der Waals surface area contributed by atoms with Crippen molar-refractivity contribution in [1.82, 2.24) is 0 Å². The van der Waals surface area contributed by atoms with E-state index in [1.54, 1.807) is 24.3 Å². The SMILES string of the molecule is CCOc1cccc(Oc2ccc(Br)cc2Cl)c1N. The number of nitrogens with two attached hydrogens (primary N) is 1. The van der Waals surface area contributed by atoms with Crippen molar-refractivity contribution in [1.29, 1.82) is 0 Å². The van der Waals surface area contributed by atoms with Gasteiger partial charge in [-0.1, -0.05) is 33.6 Å². The molecule has 3 nitrogen and oxygen atoms in total. The molecule has 0 aliphatic heterocycles. The van der Waals surface area contributed by atoms with Gasteiger partial charge in [-0.2, -0.15) is 0 Å². The highest BCUT2D eigenvalue weighted by Gasteiger charge is 2.10. The van der Waals surface area contributed by atoms with Gasteiger partial charge in [-0.15, -0.1) is 0 Å². The predicted octanol–water partition coefficient (Wildman–Crippen LogP) is 4.88. The molecule has 19 heavy (non-hydrogen) atoms. The minimum atomic E-state index is 0.461. The Bertz CT molecular complexity index is 590. The number of ether oxygens (including phenoxy) is 2. The lowest BCUT2D eigenvalue weighted by Gasteiger charge is -2.13. The Morgan fingerprint density at radius 1 is 1.16 bits per heavy atom. The van der Waals surface area contributed by atoms with Crippen molar-refractivity contribution in [2.75, 3.05) is 12.3 Å². The number of anilines is 1. The van der Waals surface area contributed by atoms with Crippen LogP contribution in [0.2, 0.25) is 5.02 Å². The Morgan fingerprint density at radius 3 is 2.58 bits per heavy atom. The van der Waals surface area contributed by atoms with Gasteiger partial charge in [-0.05, 0) is 37.3 Å². The molecule has 2 N–H and O–H groups in total. The molecule has 0 atom stereocenters. The number of benzene rings is 2. The summed E-state index contributed by atoms with van der Waals surface area (Å²) >= 11 is 9.45. The Morgan fingerprint density at radius 2 is 1.89 bits per heavy atom. The maximum Gasteiger partial charge on any atom is 0.154 e. The molecule has 0 radical (unpaired) electrons. The minimum absolute atomic E-state index is 0.461. The second-order valence-electron chi connectivity index (χ2n) is 3.78. The smallest absolute Gasteiger partial charge is 0.154 e. The summed E-state index contributed by atoms with van der Waals surface area (Å²) in [6.45, 7) is 2.45. The Kier molecular flexibility index (Phi) is 4.56. The van der Waals surface area contributed by atoms with E-state index in [4.69, 9.17) is 26.8 Å². The zero-order chi connectivity index (χ0) is 13.8. The maximum absolute atomic E-state index is 6.11. The zero-order valence-corrected chi connectivity index (χ0v) is 12.7. The zero-order valence-electron chi connectivity index (χ0n) is 10.3. The molecule has 0 unspecified atom stereocenters. The standard InChI is InChI=1S/C14H13BrClNO2/c1-2-18-12-4-3-5-13(14(12)17)19-11-7-6-9(15)8-10(11)16/h3-8H,2,17H2,1H3. The van der Waals surface area contributed by atoms with E-state index in [9.17, 15) is 0 Å². The number of rotatable bonds is 4. The second-order valence-corrected chi connectivity index (χ2v) is 5.10. The van der Waals surface area contributed by atoms with Gasteiger partial charge in [0.1, 0.15) is 17.2 Å². The molecule has 0 heterocycles. The summed E-state index contributed by atoms with van der Waals surface area (Å²) in [5.41, 5.74) is 6.46. The molecular formula is C14H13BrClNO2. The van der Waals surface area contributed by atoms with Crippen LogP contribution in [0.5, 0.6) is 17.2 Å². The number of halogens is 2. The predicted molar refractivity (Wildman–Crippen MR) is 81.2 cm³/mol. The van der Waals surface area contributed by atoms with Crippen molar-refractivity contribution in [2.24, 2.45) is 0 Å². The van der Waals surface area contributed by atoms with Crippen LogP contribution in [0.4, 0.5) is 5.69 Å². The van der Waals surface area contributed by atoms with Crippen LogP contribution in [0.15, 0.2) is 40.9 Å². The quantitative estimate of drug-likeness (QED) is 0.806. The first-order chi connectivity index (χ1) is 9.11. The summed E-state index contributed by atoms with van der Waals surface area (Å²) in [5, 5.41) is 0.510. The van der Waals surface area contributed by atoms with E-state index >= 15 is 0 Å². The monoisotopic (exact) mass is 341 g/mol. The van der Waals surface area contributed by atoms with E-state index in [2.05, 4.69) is 15.9 Å². The highest BCUT2D eigenvalue weighted by Crippen LogP contribution is 2.37. The topological polar surface area (TPSA) is 44.5 Å². The lowest BCUT2D eigenvalue weighted by Crippen LogP contribution is -1.99. The van der Waals surface area contributed by atoms with Crippen LogP contribution in [-0.4, -0.2) is 6.61 Å². The molecule has 0 aromatic heterocycles. The van der Waals surface area contributed by atoms with Gasteiger partial charge in [-0.25, -0.2) is 0 Å². The summed E-state index contributed by atoms with van der Waals surface area (Å²) < 4.78 is 12.0. The van der Waals surface area contributed by atoms with Crippen molar-refractivity contribution in [3.8, 4) is 17.2 Å². The van der Waals surface area contributed by atoms with Gasteiger partial charge in [0.05, 0.1) is 11.6 Å². The fourth-order valence-electron chi connectivity index (χ4n) is 1.57. The number of para-hydroxylation sites is 1. The third-order valence-corrected chi connectivity index (χ3v) is 3.23. The van der Waals surface area contributed by atoms with Gasteiger partial charge in [0, 0.05) is 4.47 Å². The molecule has 0 bridgehead atoms. The van der Waals surface area contributed by atoms with Crippen LogP contribution in [0.1, 0.15) is 6.92 Å². The lowest BCUT2D eigenvalue weighted by atomic mass is 10.2. The van der Waals surface area contributed by atoms with Crippen LogP contribution in [0.3, 0.4) is 0 Å². The lowest BCUT2D eigenvalue weighted by molar-refractivity contribution is 0.340. The van der Waals surface area contributed by atoms with Crippen molar-refractivity contribution in [3.05, 3.63) is 45.9 Å². The van der Waals surface area contributed by atoms with Crippen LogP contribution in [0, 0.1) is 0 Å². The minimum Gasteiger partial charge on any atom is -0.492 e. The van der Waals surface area contributed by atoms with E-state index in [-0.39, 0.29) is 0 Å². The molecule has 0 fully saturated rings. The Balaban J connectivity index is 2.30. The van der Waals surface area contributed by atoms with E-state index in [0.717, 1.165) is 4.47 Å². The molecular weight excluding hydrogens is 330 g/mol. The van der Waals surface area contributed by atoms with Crippen molar-refractivity contribution in [2.45, 2.75) is 6.92 Å². The molecule has 2 aromatic rings. The highest BCUT2D eigenvalue weighted by molar-refractivity contribution is 9.10. The van der Waals surface area contributed by atoms with Crippen LogP contribution in [-0.2, 0) is 0 Å². The maximum atomic E-state index is 6.11. The third-order valence-electron chi connectivity index (χ3n) is 2.44. The van der Waals surface area contributed by atoms with Crippen LogP contribution >= 0.6 is 27.5 Å². The van der Waals surface area contributed by atoms with Gasteiger partial charge in [0.25, 0.3) is 0 Å². The molecule has 0 aliphatic rings. The summed E-state index contributed by atoms with van der Waals surface area (Å²) in [6, 6.07) is 10.8. The van der Waals surface area contributed by atoms with Crippen molar-refractivity contribution >= 4 is 33.2 Å². The van der Waals surface area contributed by atoms with E-state index in [1.807, 2.05) is 19.1 Å². The summed E-state index contributed by atoms with van der Waals surface area (Å²) in [6.07, 6.45) is 0. The molecule has 100 valence electrons. The molecule has 0 aliphatic carbocycles. The van der Waals surface area contributed by atoms with E-state index in [0.29, 0.717) is 34.6 Å². The average Bonchev–Trinajstić information content (AvgIpc) is 2.37. The molecule has 0 saturated carbocycles. The molecule has 0 saturated heterocycles. The first-order valence-electron chi connectivity index (χ1n) is 5.76. The van der Waals surface area contributed by atoms with Gasteiger partial charge >= 0.3 is 0 Å². The van der Waals surface area contributed by atoms with Crippen molar-refractivity contribution in [3.63, 3.8) is 0 Å². The van der Waals surface area contributed by atoms with Gasteiger partial charge < -0.3 is 15.2 Å². The molecule has 2 aromatic carbocycles. The fourth-order valence-corrected chi connectivity index (χ4v) is 2.28. The van der Waals surface area contributed by atoms with Gasteiger partial charge in [0.15, 0.2) is 5.75 Å². The summed E-state index contributed by atoms with van der Waals surface area (Å²) in [7, 11) is 0. The number of hydrogen-bond donors (Lipinski definition) is 1. The van der Waals surface area contributed by atoms with Gasteiger partial charge in [0.2, 0.25) is 0 Å². The Hall–Kier alpha value is -1.39. The first-order valence-corrected chi connectivity index (χ1v) is 6.93. The van der Waals surface area contributed by atoms with Gasteiger partial charge in [-0.3, -0.25) is 0 Å². The molecule has 0 spiro atoms. The third kappa shape index (κ3) is 3.33. The summed E-state index contributed by atoms with van der Waals surface area (Å²) in [4.78, 5) is 0. The first kappa shape index (κ1) is 14.0. The largest absolute Gasteiger partial charge is 0.492 e. The average molecular weight is 343 g/mol. The van der Waals surface area contributed by atoms with E-state index in [1.165, 1.54) is 0 Å². The Labute approximate surface area is 125 Å². The number of nitrogen functional groups attached to an aromatic ring is 1. The van der Waals surface area contributed by atoms with Crippen molar-refractivity contribution < 1.29 is 9.47 Å². The fraction of sp³-hybridized carbons (Fsp3) is 0.143.